The lowest BCUT2D eigenvalue weighted by atomic mass is 9.57. The van der Waals surface area contributed by atoms with E-state index in [0.29, 0.717) is 44.0 Å². The summed E-state index contributed by atoms with van der Waals surface area (Å²) in [6, 6.07) is 15.2. The number of halogens is 3. The molecule has 1 aliphatic heterocycles. The van der Waals surface area contributed by atoms with E-state index in [2.05, 4.69) is 10.2 Å². The number of ether oxygens (including phenoxy) is 1. The number of alkyl halides is 3. The van der Waals surface area contributed by atoms with Crippen molar-refractivity contribution in [3.05, 3.63) is 71.3 Å². The summed E-state index contributed by atoms with van der Waals surface area (Å²) in [4.78, 5) is 27.0. The van der Waals surface area contributed by atoms with Gasteiger partial charge in [0.05, 0.1) is 12.3 Å². The first-order chi connectivity index (χ1) is 19.0. The number of hydrogen-bond donors (Lipinski definition) is 2. The average Bonchev–Trinajstić information content (AvgIpc) is 3.72. The van der Waals surface area contributed by atoms with E-state index < -0.39 is 41.3 Å². The summed E-state index contributed by atoms with van der Waals surface area (Å²) in [6.45, 7) is 2.42. The van der Waals surface area contributed by atoms with Crippen molar-refractivity contribution in [3.63, 3.8) is 0 Å². The zero-order chi connectivity index (χ0) is 28.5. The van der Waals surface area contributed by atoms with Crippen molar-refractivity contribution >= 4 is 18.0 Å². The number of hydrogen-bond acceptors (Lipinski definition) is 5. The maximum absolute atomic E-state index is 14.1. The number of piperidine rings is 1. The molecule has 2 unspecified atom stereocenters. The van der Waals surface area contributed by atoms with Gasteiger partial charge in [-0.15, -0.1) is 0 Å². The Bertz CT molecular complexity index is 1260. The SMILES string of the molecule is CC(=O)Oc1cccc([C@@]23CCCC(O)C2CN(CC2CC2)[C@H](NC(=O)C(=Cc2ccccc2)C(F)(F)F)C3)c1. The second-order valence-corrected chi connectivity index (χ2v) is 11.4. The lowest BCUT2D eigenvalue weighted by molar-refractivity contribution is -0.135. The minimum Gasteiger partial charge on any atom is -0.427 e. The van der Waals surface area contributed by atoms with Gasteiger partial charge in [-0.3, -0.25) is 14.5 Å². The molecule has 214 valence electrons. The highest BCUT2D eigenvalue weighted by Gasteiger charge is 2.53. The molecule has 2 N–H and O–H groups in total. The molecule has 1 heterocycles. The van der Waals surface area contributed by atoms with Crippen LogP contribution in [0.2, 0.25) is 0 Å². The fourth-order valence-electron chi connectivity index (χ4n) is 6.49. The predicted molar refractivity (Wildman–Crippen MR) is 144 cm³/mol. The number of fused-ring (bicyclic) bond motifs is 1. The normalized spacial score (nSPS) is 27.5. The monoisotopic (exact) mass is 556 g/mol. The summed E-state index contributed by atoms with van der Waals surface area (Å²) in [6.07, 6.45) is -0.695. The van der Waals surface area contributed by atoms with E-state index in [-0.39, 0.29) is 11.5 Å². The van der Waals surface area contributed by atoms with Crippen molar-refractivity contribution in [1.82, 2.24) is 10.2 Å². The summed E-state index contributed by atoms with van der Waals surface area (Å²) in [7, 11) is 0. The van der Waals surface area contributed by atoms with Gasteiger partial charge in [-0.05, 0) is 73.8 Å². The molecule has 3 fully saturated rings. The van der Waals surface area contributed by atoms with Gasteiger partial charge in [-0.2, -0.15) is 13.2 Å². The van der Waals surface area contributed by atoms with E-state index in [1.807, 2.05) is 6.07 Å². The van der Waals surface area contributed by atoms with E-state index in [4.69, 9.17) is 4.74 Å². The van der Waals surface area contributed by atoms with Gasteiger partial charge in [-0.1, -0.05) is 42.5 Å². The third kappa shape index (κ3) is 6.25. The smallest absolute Gasteiger partial charge is 0.421 e. The van der Waals surface area contributed by atoms with Gasteiger partial charge in [0.25, 0.3) is 5.91 Å². The number of esters is 1. The van der Waals surface area contributed by atoms with E-state index in [1.165, 1.54) is 19.1 Å². The largest absolute Gasteiger partial charge is 0.427 e. The standard InChI is InChI=1S/C31H35F3N2O4/c1-20(37)40-24-10-5-9-23(16-24)30-14-6-11-27(38)26(30)19-36(18-22-12-13-22)28(17-30)35-29(39)25(31(32,33)34)15-21-7-3-2-4-8-21/h2-5,7-10,15-16,22,26-28,38H,6,11-14,17-19H2,1H3,(H,35,39)/t26?,27?,28-,30-/m0/s1. The summed E-state index contributed by atoms with van der Waals surface area (Å²) in [5, 5.41) is 13.9. The summed E-state index contributed by atoms with van der Waals surface area (Å²) in [5.41, 5.74) is -0.705. The Hall–Kier alpha value is -3.17. The lowest BCUT2D eigenvalue weighted by Crippen LogP contribution is -2.64. The Labute approximate surface area is 232 Å². The van der Waals surface area contributed by atoms with Crippen molar-refractivity contribution in [2.24, 2.45) is 11.8 Å². The van der Waals surface area contributed by atoms with Crippen molar-refractivity contribution in [2.45, 2.75) is 69.3 Å². The topological polar surface area (TPSA) is 78.9 Å². The van der Waals surface area contributed by atoms with Crippen LogP contribution in [-0.2, 0) is 15.0 Å². The van der Waals surface area contributed by atoms with Gasteiger partial charge in [-0.25, -0.2) is 0 Å². The molecular weight excluding hydrogens is 521 g/mol. The van der Waals surface area contributed by atoms with Gasteiger partial charge in [0.15, 0.2) is 0 Å². The van der Waals surface area contributed by atoms with E-state index >= 15 is 0 Å². The first-order valence-electron chi connectivity index (χ1n) is 13.9. The van der Waals surface area contributed by atoms with Crippen LogP contribution in [0.3, 0.4) is 0 Å². The Morgan fingerprint density at radius 2 is 1.88 bits per heavy atom. The van der Waals surface area contributed by atoms with Gasteiger partial charge in [0.1, 0.15) is 11.3 Å². The lowest BCUT2D eigenvalue weighted by Gasteiger charge is -2.56. The molecule has 6 nitrogen and oxygen atoms in total. The Morgan fingerprint density at radius 3 is 2.55 bits per heavy atom. The number of benzene rings is 2. The van der Waals surface area contributed by atoms with Crippen molar-refractivity contribution in [1.29, 1.82) is 0 Å². The van der Waals surface area contributed by atoms with Crippen LogP contribution in [0.25, 0.3) is 6.08 Å². The number of carbonyl (C=O) groups excluding carboxylic acids is 2. The zero-order valence-electron chi connectivity index (χ0n) is 22.5. The predicted octanol–water partition coefficient (Wildman–Crippen LogP) is 5.21. The van der Waals surface area contributed by atoms with Crippen molar-refractivity contribution in [3.8, 4) is 5.75 Å². The maximum atomic E-state index is 14.1. The molecule has 0 spiro atoms. The van der Waals surface area contributed by atoms with Crippen LogP contribution in [0.4, 0.5) is 13.2 Å². The molecule has 1 amide bonds. The number of likely N-dealkylation sites (tertiary alicyclic amines) is 1. The highest BCUT2D eigenvalue weighted by atomic mass is 19.4. The van der Waals surface area contributed by atoms with Gasteiger partial charge < -0.3 is 15.2 Å². The van der Waals surface area contributed by atoms with Crippen LogP contribution in [0.1, 0.15) is 56.6 Å². The first-order valence-corrected chi connectivity index (χ1v) is 13.9. The van der Waals surface area contributed by atoms with E-state index in [9.17, 15) is 27.9 Å². The van der Waals surface area contributed by atoms with Crippen molar-refractivity contribution in [2.75, 3.05) is 13.1 Å². The van der Waals surface area contributed by atoms with Crippen molar-refractivity contribution < 1.29 is 32.6 Å². The van der Waals surface area contributed by atoms with E-state index in [0.717, 1.165) is 30.9 Å². The first kappa shape index (κ1) is 28.4. The number of amides is 1. The van der Waals surface area contributed by atoms with Crippen LogP contribution in [0.5, 0.6) is 5.75 Å². The molecule has 5 rings (SSSR count). The molecule has 2 aromatic rings. The molecule has 1 saturated heterocycles. The Balaban J connectivity index is 1.50. The molecule has 0 radical (unpaired) electrons. The van der Waals surface area contributed by atoms with Crippen LogP contribution in [-0.4, -0.2) is 53.4 Å². The number of nitrogens with zero attached hydrogens (tertiary/aromatic N) is 1. The number of carbonyl (C=O) groups is 2. The zero-order valence-corrected chi connectivity index (χ0v) is 22.5. The summed E-state index contributed by atoms with van der Waals surface area (Å²) in [5.74, 6) is -0.987. The molecule has 2 aliphatic carbocycles. The second kappa shape index (κ2) is 11.4. The fraction of sp³-hybridized carbons (Fsp3) is 0.484. The van der Waals surface area contributed by atoms with Crippen LogP contribution < -0.4 is 10.1 Å². The minimum atomic E-state index is -4.84. The van der Waals surface area contributed by atoms with Crippen LogP contribution in [0, 0.1) is 11.8 Å². The average molecular weight is 557 g/mol. The molecule has 2 saturated carbocycles. The van der Waals surface area contributed by atoms with Crippen LogP contribution in [0.15, 0.2) is 60.2 Å². The molecular formula is C31H35F3N2O4. The molecule has 40 heavy (non-hydrogen) atoms. The van der Waals surface area contributed by atoms with E-state index in [1.54, 1.807) is 36.4 Å². The molecule has 4 atom stereocenters. The molecule has 2 aromatic carbocycles. The number of aliphatic hydroxyl groups excluding tert-OH is 1. The second-order valence-electron chi connectivity index (χ2n) is 11.4. The number of nitrogens with one attached hydrogen (secondary N) is 1. The molecule has 9 heteroatoms. The quantitative estimate of drug-likeness (QED) is 0.278. The molecule has 0 bridgehead atoms. The fourth-order valence-corrected chi connectivity index (χ4v) is 6.49. The highest BCUT2D eigenvalue weighted by molar-refractivity contribution is 5.99. The summed E-state index contributed by atoms with van der Waals surface area (Å²) >= 11 is 0. The third-order valence-electron chi connectivity index (χ3n) is 8.55. The van der Waals surface area contributed by atoms with Crippen LogP contribution >= 0.6 is 0 Å². The summed E-state index contributed by atoms with van der Waals surface area (Å²) < 4.78 is 47.7. The van der Waals surface area contributed by atoms with Gasteiger partial charge in [0.2, 0.25) is 0 Å². The number of rotatable bonds is 7. The Morgan fingerprint density at radius 1 is 1.12 bits per heavy atom. The van der Waals surface area contributed by atoms with Gasteiger partial charge >= 0.3 is 12.1 Å². The molecule has 3 aliphatic rings. The molecule has 0 aromatic heterocycles. The van der Waals surface area contributed by atoms with Gasteiger partial charge in [0, 0.05) is 31.3 Å². The number of aliphatic hydroxyl groups is 1. The third-order valence-corrected chi connectivity index (χ3v) is 8.55. The Kier molecular flexibility index (Phi) is 8.06. The minimum absolute atomic E-state index is 0.178. The highest BCUT2D eigenvalue weighted by Crippen LogP contribution is 2.51. The maximum Gasteiger partial charge on any atom is 0.421 e.